The number of methoxy groups -OCH3 is 1. The first-order valence-electron chi connectivity index (χ1n) is 5.40. The van der Waals surface area contributed by atoms with E-state index >= 15 is 0 Å². The van der Waals surface area contributed by atoms with Crippen LogP contribution in [0.2, 0.25) is 0 Å². The molecule has 0 spiro atoms. The standard InChI is InChI=1S/C12H13BrN4O/c1-14-12-10(13)9(7-18-2)16-11(17-12)8-5-3-4-6-15-8/h3-6H,7H2,1-2H3,(H,14,16,17). The second-order valence-corrected chi connectivity index (χ2v) is 4.35. The van der Waals surface area contributed by atoms with Gasteiger partial charge in [-0.2, -0.15) is 0 Å². The van der Waals surface area contributed by atoms with Gasteiger partial charge in [-0.05, 0) is 28.1 Å². The zero-order valence-electron chi connectivity index (χ0n) is 10.1. The first-order valence-corrected chi connectivity index (χ1v) is 6.20. The molecule has 0 aromatic carbocycles. The maximum atomic E-state index is 5.13. The van der Waals surface area contributed by atoms with Crippen molar-refractivity contribution in [3.63, 3.8) is 0 Å². The topological polar surface area (TPSA) is 59.9 Å². The summed E-state index contributed by atoms with van der Waals surface area (Å²) in [5.74, 6) is 1.30. The number of nitrogens with zero attached hydrogens (tertiary/aromatic N) is 3. The molecule has 0 bridgehead atoms. The van der Waals surface area contributed by atoms with Gasteiger partial charge < -0.3 is 10.1 Å². The third-order valence-corrected chi connectivity index (χ3v) is 3.16. The molecule has 2 rings (SSSR count). The number of aromatic nitrogens is 3. The normalized spacial score (nSPS) is 10.4. The molecule has 1 N–H and O–H groups in total. The van der Waals surface area contributed by atoms with Crippen LogP contribution < -0.4 is 5.32 Å². The Morgan fingerprint density at radius 1 is 1.33 bits per heavy atom. The number of pyridine rings is 1. The summed E-state index contributed by atoms with van der Waals surface area (Å²) in [5.41, 5.74) is 1.52. The number of halogens is 1. The molecule has 2 aromatic rings. The number of hydrogen-bond acceptors (Lipinski definition) is 5. The summed E-state index contributed by atoms with van der Waals surface area (Å²) in [5, 5.41) is 3.02. The summed E-state index contributed by atoms with van der Waals surface area (Å²) in [6.07, 6.45) is 1.72. The Bertz CT molecular complexity index is 533. The summed E-state index contributed by atoms with van der Waals surface area (Å²) in [7, 11) is 3.44. The molecule has 0 radical (unpaired) electrons. The minimum atomic E-state index is 0.414. The van der Waals surface area contributed by atoms with Crippen molar-refractivity contribution in [3.05, 3.63) is 34.6 Å². The van der Waals surface area contributed by atoms with Crippen LogP contribution in [-0.2, 0) is 11.3 Å². The van der Waals surface area contributed by atoms with E-state index in [9.17, 15) is 0 Å². The smallest absolute Gasteiger partial charge is 0.180 e. The van der Waals surface area contributed by atoms with Gasteiger partial charge in [0.25, 0.3) is 0 Å². The predicted molar refractivity (Wildman–Crippen MR) is 73.2 cm³/mol. The van der Waals surface area contributed by atoms with Crippen molar-refractivity contribution >= 4 is 21.7 Å². The van der Waals surface area contributed by atoms with Crippen LogP contribution in [0.1, 0.15) is 5.69 Å². The average molecular weight is 309 g/mol. The SMILES string of the molecule is CNc1nc(-c2ccccn2)nc(COC)c1Br. The highest BCUT2D eigenvalue weighted by atomic mass is 79.9. The zero-order valence-corrected chi connectivity index (χ0v) is 11.7. The van der Waals surface area contributed by atoms with Crippen LogP contribution >= 0.6 is 15.9 Å². The highest BCUT2D eigenvalue weighted by Gasteiger charge is 2.12. The maximum Gasteiger partial charge on any atom is 0.180 e. The summed E-state index contributed by atoms with van der Waals surface area (Å²) < 4.78 is 5.94. The Morgan fingerprint density at radius 2 is 2.17 bits per heavy atom. The predicted octanol–water partition coefficient (Wildman–Crippen LogP) is 2.49. The van der Waals surface area contributed by atoms with Gasteiger partial charge in [-0.3, -0.25) is 4.98 Å². The molecular weight excluding hydrogens is 296 g/mol. The molecule has 18 heavy (non-hydrogen) atoms. The van der Waals surface area contributed by atoms with Gasteiger partial charge in [-0.25, -0.2) is 9.97 Å². The lowest BCUT2D eigenvalue weighted by Gasteiger charge is -2.10. The molecule has 0 aliphatic heterocycles. The largest absolute Gasteiger partial charge is 0.378 e. The van der Waals surface area contributed by atoms with E-state index < -0.39 is 0 Å². The van der Waals surface area contributed by atoms with Crippen molar-refractivity contribution in [3.8, 4) is 11.5 Å². The molecule has 6 heteroatoms. The molecule has 0 saturated heterocycles. The Hall–Kier alpha value is -1.53. The van der Waals surface area contributed by atoms with Crippen molar-refractivity contribution in [2.24, 2.45) is 0 Å². The lowest BCUT2D eigenvalue weighted by Crippen LogP contribution is -2.04. The van der Waals surface area contributed by atoms with Gasteiger partial charge in [-0.15, -0.1) is 0 Å². The maximum absolute atomic E-state index is 5.13. The molecule has 0 unspecified atom stereocenters. The fourth-order valence-corrected chi connectivity index (χ4v) is 1.99. The van der Waals surface area contributed by atoms with Gasteiger partial charge in [-0.1, -0.05) is 6.07 Å². The fraction of sp³-hybridized carbons (Fsp3) is 0.250. The monoisotopic (exact) mass is 308 g/mol. The van der Waals surface area contributed by atoms with Crippen molar-refractivity contribution in [2.75, 3.05) is 19.5 Å². The van der Waals surface area contributed by atoms with E-state index in [-0.39, 0.29) is 0 Å². The van der Waals surface area contributed by atoms with Crippen LogP contribution in [0, 0.1) is 0 Å². The van der Waals surface area contributed by atoms with Crippen molar-refractivity contribution < 1.29 is 4.74 Å². The summed E-state index contributed by atoms with van der Waals surface area (Å²) in [4.78, 5) is 13.1. The third-order valence-electron chi connectivity index (χ3n) is 2.33. The minimum absolute atomic E-state index is 0.414. The molecule has 94 valence electrons. The summed E-state index contributed by atoms with van der Waals surface area (Å²) >= 11 is 3.46. The molecule has 0 fully saturated rings. The summed E-state index contributed by atoms with van der Waals surface area (Å²) in [6.45, 7) is 0.414. The van der Waals surface area contributed by atoms with E-state index in [0.29, 0.717) is 12.4 Å². The second-order valence-electron chi connectivity index (χ2n) is 3.55. The van der Waals surface area contributed by atoms with Crippen LogP contribution in [0.15, 0.2) is 28.9 Å². The van der Waals surface area contributed by atoms with Gasteiger partial charge in [0.05, 0.1) is 16.8 Å². The number of hydrogen-bond donors (Lipinski definition) is 1. The van der Waals surface area contributed by atoms with E-state index in [1.165, 1.54) is 0 Å². The van der Waals surface area contributed by atoms with Crippen LogP contribution in [-0.4, -0.2) is 29.1 Å². The molecule has 0 saturated carbocycles. The fourth-order valence-electron chi connectivity index (χ4n) is 1.50. The molecule has 2 aromatic heterocycles. The lowest BCUT2D eigenvalue weighted by atomic mass is 10.3. The number of rotatable bonds is 4. The van der Waals surface area contributed by atoms with Gasteiger partial charge in [0, 0.05) is 20.4 Å². The van der Waals surface area contributed by atoms with Crippen LogP contribution in [0.25, 0.3) is 11.5 Å². The first-order chi connectivity index (χ1) is 8.76. The molecule has 0 amide bonds. The first kappa shape index (κ1) is 12.9. The number of anilines is 1. The third kappa shape index (κ3) is 2.65. The van der Waals surface area contributed by atoms with E-state index in [0.717, 1.165) is 21.7 Å². The van der Waals surface area contributed by atoms with E-state index in [2.05, 4.69) is 36.2 Å². The number of ether oxygens (including phenoxy) is 1. The Kier molecular flexibility index (Phi) is 4.22. The van der Waals surface area contributed by atoms with Gasteiger partial charge in [0.1, 0.15) is 11.5 Å². The second kappa shape index (κ2) is 5.88. The molecule has 2 heterocycles. The van der Waals surface area contributed by atoms with Gasteiger partial charge in [0.15, 0.2) is 5.82 Å². The Morgan fingerprint density at radius 3 is 2.78 bits per heavy atom. The van der Waals surface area contributed by atoms with Gasteiger partial charge in [0.2, 0.25) is 0 Å². The summed E-state index contributed by atoms with van der Waals surface area (Å²) in [6, 6.07) is 5.64. The number of nitrogens with one attached hydrogen (secondary N) is 1. The van der Waals surface area contributed by atoms with Crippen molar-refractivity contribution in [1.82, 2.24) is 15.0 Å². The van der Waals surface area contributed by atoms with Crippen LogP contribution in [0.4, 0.5) is 5.82 Å². The van der Waals surface area contributed by atoms with E-state index in [1.807, 2.05) is 25.2 Å². The molecule has 0 aliphatic carbocycles. The Labute approximate surface area is 114 Å². The van der Waals surface area contributed by atoms with Gasteiger partial charge >= 0.3 is 0 Å². The highest BCUT2D eigenvalue weighted by molar-refractivity contribution is 9.10. The molecular formula is C12H13BrN4O. The van der Waals surface area contributed by atoms with Crippen molar-refractivity contribution in [2.45, 2.75) is 6.61 Å². The van der Waals surface area contributed by atoms with E-state index in [4.69, 9.17) is 4.74 Å². The minimum Gasteiger partial charge on any atom is -0.378 e. The highest BCUT2D eigenvalue weighted by Crippen LogP contribution is 2.26. The average Bonchev–Trinajstić information content (AvgIpc) is 2.42. The quantitative estimate of drug-likeness (QED) is 0.940. The lowest BCUT2D eigenvalue weighted by molar-refractivity contribution is 0.181. The van der Waals surface area contributed by atoms with Crippen LogP contribution in [0.5, 0.6) is 0 Å². The van der Waals surface area contributed by atoms with Crippen molar-refractivity contribution in [1.29, 1.82) is 0 Å². The molecule has 5 nitrogen and oxygen atoms in total. The molecule has 0 aliphatic rings. The van der Waals surface area contributed by atoms with E-state index in [1.54, 1.807) is 13.3 Å². The molecule has 0 atom stereocenters. The van der Waals surface area contributed by atoms with Crippen LogP contribution in [0.3, 0.4) is 0 Å². The Balaban J connectivity index is 2.52. The zero-order chi connectivity index (χ0) is 13.0.